The molecule has 0 bridgehead atoms. The molecule has 0 radical (unpaired) electrons. The Bertz CT molecular complexity index is 174. The second kappa shape index (κ2) is 4.78. The lowest BCUT2D eigenvalue weighted by Gasteiger charge is -2.33. The highest BCUT2D eigenvalue weighted by Gasteiger charge is 2.32. The van der Waals surface area contributed by atoms with E-state index in [0.29, 0.717) is 17.6 Å². The minimum atomic E-state index is 0.382. The Morgan fingerprint density at radius 3 is 2.15 bits per heavy atom. The molecule has 0 aromatic carbocycles. The van der Waals surface area contributed by atoms with E-state index in [1.807, 2.05) is 0 Å². The predicted octanol–water partition coefficient (Wildman–Crippen LogP) is 3.43. The number of ketones is 1. The summed E-state index contributed by atoms with van der Waals surface area (Å²) in [6.07, 6.45) is 5.49. The molecule has 3 atom stereocenters. The van der Waals surface area contributed by atoms with Crippen LogP contribution in [0.2, 0.25) is 0 Å². The van der Waals surface area contributed by atoms with Gasteiger partial charge in [0.25, 0.3) is 0 Å². The molecule has 1 heteroatoms. The molecule has 1 aliphatic rings. The average molecular weight is 182 g/mol. The maximum Gasteiger partial charge on any atom is 0.136 e. The maximum atomic E-state index is 11.7. The van der Waals surface area contributed by atoms with Crippen LogP contribution in [0, 0.1) is 17.8 Å². The first-order valence-corrected chi connectivity index (χ1v) is 5.75. The molecule has 3 unspecified atom stereocenters. The number of hydrogen-bond acceptors (Lipinski definition) is 1. The summed E-state index contributed by atoms with van der Waals surface area (Å²) in [6.45, 7) is 6.62. The molecular formula is C12H22O. The number of Topliss-reactive ketones (excluding diaryl/α,β-unsaturated/α-hetero) is 1. The Morgan fingerprint density at radius 1 is 1.08 bits per heavy atom. The van der Waals surface area contributed by atoms with Crippen LogP contribution in [0.5, 0.6) is 0 Å². The number of carbonyl (C=O) groups excluding carboxylic acids is 1. The van der Waals surface area contributed by atoms with E-state index in [0.717, 1.165) is 25.2 Å². The third-order valence-electron chi connectivity index (χ3n) is 3.71. The van der Waals surface area contributed by atoms with Crippen LogP contribution in [0.4, 0.5) is 0 Å². The Morgan fingerprint density at radius 2 is 1.69 bits per heavy atom. The topological polar surface area (TPSA) is 17.1 Å². The smallest absolute Gasteiger partial charge is 0.136 e. The van der Waals surface area contributed by atoms with Crippen molar-refractivity contribution in [3.8, 4) is 0 Å². The fourth-order valence-electron chi connectivity index (χ4n) is 2.65. The lowest BCUT2D eigenvalue weighted by molar-refractivity contribution is -0.127. The fraction of sp³-hybridized carbons (Fsp3) is 0.917. The minimum Gasteiger partial charge on any atom is -0.299 e. The predicted molar refractivity (Wildman–Crippen MR) is 55.6 cm³/mol. The van der Waals surface area contributed by atoms with E-state index >= 15 is 0 Å². The largest absolute Gasteiger partial charge is 0.299 e. The van der Waals surface area contributed by atoms with Crippen molar-refractivity contribution in [2.75, 3.05) is 0 Å². The lowest BCUT2D eigenvalue weighted by Crippen LogP contribution is -2.31. The molecule has 76 valence electrons. The summed E-state index contributed by atoms with van der Waals surface area (Å²) in [5.74, 6) is 2.40. The highest BCUT2D eigenvalue weighted by Crippen LogP contribution is 2.36. The van der Waals surface area contributed by atoms with Crippen molar-refractivity contribution in [3.63, 3.8) is 0 Å². The van der Waals surface area contributed by atoms with Gasteiger partial charge >= 0.3 is 0 Å². The second-order valence-corrected chi connectivity index (χ2v) is 4.35. The first-order valence-electron chi connectivity index (χ1n) is 5.75. The molecule has 1 saturated carbocycles. The number of hydrogen-bond donors (Lipinski definition) is 0. The van der Waals surface area contributed by atoms with Crippen LogP contribution >= 0.6 is 0 Å². The molecule has 0 amide bonds. The molecule has 0 aromatic rings. The van der Waals surface area contributed by atoms with Crippen LogP contribution < -0.4 is 0 Å². The van der Waals surface area contributed by atoms with Gasteiger partial charge < -0.3 is 0 Å². The van der Waals surface area contributed by atoms with Crippen LogP contribution in [0.15, 0.2) is 0 Å². The van der Waals surface area contributed by atoms with Crippen LogP contribution in [-0.2, 0) is 4.79 Å². The van der Waals surface area contributed by atoms with Gasteiger partial charge in [-0.2, -0.15) is 0 Å². The van der Waals surface area contributed by atoms with E-state index in [4.69, 9.17) is 0 Å². The third kappa shape index (κ3) is 2.32. The van der Waals surface area contributed by atoms with E-state index < -0.39 is 0 Å². The van der Waals surface area contributed by atoms with Crippen molar-refractivity contribution in [1.82, 2.24) is 0 Å². The molecule has 1 aliphatic carbocycles. The zero-order chi connectivity index (χ0) is 9.84. The summed E-state index contributed by atoms with van der Waals surface area (Å²) in [5.41, 5.74) is 0. The first-order chi connectivity index (χ1) is 6.22. The minimum absolute atomic E-state index is 0.382. The zero-order valence-electron chi connectivity index (χ0n) is 9.18. The van der Waals surface area contributed by atoms with E-state index in [2.05, 4.69) is 20.8 Å². The normalized spacial score (nSPS) is 35.0. The zero-order valence-corrected chi connectivity index (χ0v) is 9.18. The maximum absolute atomic E-state index is 11.7. The van der Waals surface area contributed by atoms with E-state index in [1.165, 1.54) is 12.8 Å². The highest BCUT2D eigenvalue weighted by atomic mass is 16.1. The van der Waals surface area contributed by atoms with Gasteiger partial charge in [0.1, 0.15) is 5.78 Å². The molecule has 1 nitrogen and oxygen atoms in total. The Balaban J connectivity index is 2.60. The molecule has 0 spiro atoms. The summed E-state index contributed by atoms with van der Waals surface area (Å²) in [4.78, 5) is 11.7. The van der Waals surface area contributed by atoms with Gasteiger partial charge in [0.15, 0.2) is 0 Å². The van der Waals surface area contributed by atoms with Crippen molar-refractivity contribution in [2.24, 2.45) is 17.8 Å². The van der Waals surface area contributed by atoms with Crippen LogP contribution in [0.1, 0.15) is 52.9 Å². The second-order valence-electron chi connectivity index (χ2n) is 4.35. The summed E-state index contributed by atoms with van der Waals surface area (Å²) in [5, 5.41) is 0. The first kappa shape index (κ1) is 10.7. The van der Waals surface area contributed by atoms with Crippen molar-refractivity contribution in [1.29, 1.82) is 0 Å². The number of rotatable bonds is 3. The summed E-state index contributed by atoms with van der Waals surface area (Å²) in [7, 11) is 0. The summed E-state index contributed by atoms with van der Waals surface area (Å²) >= 11 is 0. The molecule has 0 aromatic heterocycles. The highest BCUT2D eigenvalue weighted by molar-refractivity contribution is 5.82. The molecule has 0 heterocycles. The standard InChI is InChI=1S/C12H22O/c1-4-9-7-11(6-3)12(13)8-10(9)5-2/h9-11H,4-8H2,1-3H3. The fourth-order valence-corrected chi connectivity index (χ4v) is 2.65. The van der Waals surface area contributed by atoms with Gasteiger partial charge in [-0.1, -0.05) is 33.6 Å². The van der Waals surface area contributed by atoms with Gasteiger partial charge in [0.05, 0.1) is 0 Å². The SMILES string of the molecule is CCC1CC(CC)C(CC)CC1=O. The molecule has 13 heavy (non-hydrogen) atoms. The van der Waals surface area contributed by atoms with Gasteiger partial charge in [-0.3, -0.25) is 4.79 Å². The molecule has 1 fully saturated rings. The molecular weight excluding hydrogens is 160 g/mol. The van der Waals surface area contributed by atoms with Crippen molar-refractivity contribution in [2.45, 2.75) is 52.9 Å². The van der Waals surface area contributed by atoms with Crippen LogP contribution in [-0.4, -0.2) is 5.78 Å². The van der Waals surface area contributed by atoms with E-state index in [-0.39, 0.29) is 0 Å². The quantitative estimate of drug-likeness (QED) is 0.653. The van der Waals surface area contributed by atoms with E-state index in [9.17, 15) is 4.79 Å². The molecule has 0 aliphatic heterocycles. The third-order valence-corrected chi connectivity index (χ3v) is 3.71. The van der Waals surface area contributed by atoms with Crippen molar-refractivity contribution < 1.29 is 4.79 Å². The Labute approximate surface area is 81.9 Å². The Kier molecular flexibility index (Phi) is 3.95. The monoisotopic (exact) mass is 182 g/mol. The summed E-state index contributed by atoms with van der Waals surface area (Å²) < 4.78 is 0. The average Bonchev–Trinajstić information content (AvgIpc) is 2.17. The van der Waals surface area contributed by atoms with Gasteiger partial charge in [0, 0.05) is 12.3 Å². The van der Waals surface area contributed by atoms with Crippen LogP contribution in [0.25, 0.3) is 0 Å². The van der Waals surface area contributed by atoms with Gasteiger partial charge in [-0.25, -0.2) is 0 Å². The van der Waals surface area contributed by atoms with Gasteiger partial charge in [0.2, 0.25) is 0 Å². The molecule has 0 saturated heterocycles. The molecule has 0 N–H and O–H groups in total. The lowest BCUT2D eigenvalue weighted by atomic mass is 9.70. The van der Waals surface area contributed by atoms with Gasteiger partial charge in [-0.05, 0) is 24.7 Å². The Hall–Kier alpha value is -0.330. The molecule has 1 rings (SSSR count). The van der Waals surface area contributed by atoms with Crippen LogP contribution in [0.3, 0.4) is 0 Å². The van der Waals surface area contributed by atoms with Gasteiger partial charge in [-0.15, -0.1) is 0 Å². The summed E-state index contributed by atoms with van der Waals surface area (Å²) in [6, 6.07) is 0. The van der Waals surface area contributed by atoms with Crippen molar-refractivity contribution >= 4 is 5.78 Å². The number of carbonyl (C=O) groups is 1. The van der Waals surface area contributed by atoms with Crippen molar-refractivity contribution in [3.05, 3.63) is 0 Å². The van der Waals surface area contributed by atoms with E-state index in [1.54, 1.807) is 0 Å².